The number of hydrogen-bond acceptors (Lipinski definition) is 5. The average molecular weight is 279 g/mol. The van der Waals surface area contributed by atoms with Crippen molar-refractivity contribution in [3.63, 3.8) is 0 Å². The molecule has 2 aromatic rings. The molecule has 0 aliphatic carbocycles. The summed E-state index contributed by atoms with van der Waals surface area (Å²) < 4.78 is 0.768. The first-order valence-electron chi connectivity index (χ1n) is 5.31. The fraction of sp³-hybridized carbons (Fsp3) is 0.167. The summed E-state index contributed by atoms with van der Waals surface area (Å²) in [6, 6.07) is 7.94. The van der Waals surface area contributed by atoms with Gasteiger partial charge in [0.25, 0.3) is 0 Å². The van der Waals surface area contributed by atoms with Crippen LogP contribution < -0.4 is 11.5 Å². The van der Waals surface area contributed by atoms with Gasteiger partial charge in [0.2, 0.25) is 5.91 Å². The summed E-state index contributed by atoms with van der Waals surface area (Å²) in [5.41, 5.74) is 14.0. The molecule has 4 N–H and O–H groups in total. The van der Waals surface area contributed by atoms with Gasteiger partial charge < -0.3 is 11.5 Å². The van der Waals surface area contributed by atoms with Crippen molar-refractivity contribution in [1.82, 2.24) is 4.98 Å². The summed E-state index contributed by atoms with van der Waals surface area (Å²) in [6.07, 6.45) is 0. The number of amides is 1. The maximum atomic E-state index is 10.7. The highest BCUT2D eigenvalue weighted by Gasteiger charge is 2.13. The van der Waals surface area contributed by atoms with Crippen molar-refractivity contribution < 1.29 is 4.79 Å². The number of carbonyl (C=O) groups is 1. The Morgan fingerprint density at radius 3 is 2.83 bits per heavy atom. The fourth-order valence-corrected chi connectivity index (χ4v) is 3.22. The zero-order valence-electron chi connectivity index (χ0n) is 9.84. The van der Waals surface area contributed by atoms with Gasteiger partial charge in [-0.25, -0.2) is 4.98 Å². The Kier molecular flexibility index (Phi) is 3.88. The minimum absolute atomic E-state index is 0.222. The second-order valence-electron chi connectivity index (χ2n) is 3.76. The third-order valence-electron chi connectivity index (χ3n) is 2.37. The van der Waals surface area contributed by atoms with Crippen molar-refractivity contribution in [2.24, 2.45) is 5.73 Å². The largest absolute Gasteiger partial charge is 0.389 e. The second-order valence-corrected chi connectivity index (χ2v) is 6.02. The minimum atomic E-state index is -0.355. The molecule has 0 spiro atoms. The summed E-state index contributed by atoms with van der Waals surface area (Å²) >= 11 is 2.70. The van der Waals surface area contributed by atoms with Crippen molar-refractivity contribution in [3.05, 3.63) is 29.8 Å². The normalized spacial score (nSPS) is 10.5. The van der Waals surface area contributed by atoms with E-state index in [9.17, 15) is 4.79 Å². The van der Waals surface area contributed by atoms with Gasteiger partial charge in [0.15, 0.2) is 4.34 Å². The summed E-state index contributed by atoms with van der Waals surface area (Å²) in [4.78, 5) is 15.2. The van der Waals surface area contributed by atoms with Gasteiger partial charge >= 0.3 is 0 Å². The number of aryl methyl sites for hydroxylation is 1. The van der Waals surface area contributed by atoms with Gasteiger partial charge in [0.05, 0.1) is 5.75 Å². The summed E-state index contributed by atoms with van der Waals surface area (Å²) in [6.45, 7) is 2.02. The van der Waals surface area contributed by atoms with Crippen LogP contribution in [0.15, 0.2) is 28.6 Å². The highest BCUT2D eigenvalue weighted by Crippen LogP contribution is 2.36. The van der Waals surface area contributed by atoms with Crippen LogP contribution in [0.5, 0.6) is 0 Å². The van der Waals surface area contributed by atoms with Crippen LogP contribution in [0, 0.1) is 6.92 Å². The molecule has 1 amide bonds. The lowest BCUT2D eigenvalue weighted by Crippen LogP contribution is -2.12. The Morgan fingerprint density at radius 2 is 2.17 bits per heavy atom. The van der Waals surface area contributed by atoms with E-state index < -0.39 is 0 Å². The van der Waals surface area contributed by atoms with Crippen LogP contribution in [0.3, 0.4) is 0 Å². The highest BCUT2D eigenvalue weighted by atomic mass is 32.2. The second kappa shape index (κ2) is 5.41. The van der Waals surface area contributed by atoms with Crippen LogP contribution in [0.1, 0.15) is 5.56 Å². The first-order valence-corrected chi connectivity index (χ1v) is 7.11. The van der Waals surface area contributed by atoms with Crippen LogP contribution >= 0.6 is 23.1 Å². The predicted molar refractivity (Wildman–Crippen MR) is 76.6 cm³/mol. The topological polar surface area (TPSA) is 82.0 Å². The molecule has 0 aliphatic heterocycles. The van der Waals surface area contributed by atoms with Crippen LogP contribution in [-0.4, -0.2) is 16.6 Å². The monoisotopic (exact) mass is 279 g/mol. The summed E-state index contributed by atoms with van der Waals surface area (Å²) in [5.74, 6) is -0.133. The van der Waals surface area contributed by atoms with E-state index in [1.54, 1.807) is 0 Å². The number of thiazole rings is 1. The number of hydrogen-bond donors (Lipinski definition) is 2. The molecule has 0 radical (unpaired) electrons. The molecule has 6 heteroatoms. The predicted octanol–water partition coefficient (Wildman–Crippen LogP) is 2.28. The number of benzene rings is 1. The fourth-order valence-electron chi connectivity index (χ4n) is 1.54. The molecule has 0 unspecified atom stereocenters. The smallest absolute Gasteiger partial charge is 0.227 e. The molecule has 0 saturated carbocycles. The van der Waals surface area contributed by atoms with Gasteiger partial charge in [0.1, 0.15) is 10.7 Å². The lowest BCUT2D eigenvalue weighted by molar-refractivity contribution is -0.115. The summed E-state index contributed by atoms with van der Waals surface area (Å²) in [7, 11) is 0. The van der Waals surface area contributed by atoms with Gasteiger partial charge in [-0.15, -0.1) is 0 Å². The third kappa shape index (κ3) is 2.83. The molecular formula is C12H13N3OS2. The maximum absolute atomic E-state index is 10.7. The zero-order valence-corrected chi connectivity index (χ0v) is 11.5. The average Bonchev–Trinajstić information content (AvgIpc) is 2.69. The first-order chi connectivity index (χ1) is 8.58. The number of aromatic nitrogens is 1. The van der Waals surface area contributed by atoms with Gasteiger partial charge in [-0.2, -0.15) is 0 Å². The van der Waals surface area contributed by atoms with E-state index in [1.807, 2.05) is 31.2 Å². The number of carbonyl (C=O) groups excluding carboxylic acids is 1. The number of thioether (sulfide) groups is 1. The molecule has 0 atom stereocenters. The number of nitrogens with two attached hydrogens (primary N) is 2. The van der Waals surface area contributed by atoms with Gasteiger partial charge in [0, 0.05) is 5.56 Å². The maximum Gasteiger partial charge on any atom is 0.227 e. The van der Waals surface area contributed by atoms with Crippen LogP contribution in [0.2, 0.25) is 0 Å². The van der Waals surface area contributed by atoms with E-state index in [-0.39, 0.29) is 11.7 Å². The first kappa shape index (κ1) is 12.9. The molecule has 0 aliphatic rings. The van der Waals surface area contributed by atoms with Gasteiger partial charge in [-0.05, 0) is 12.5 Å². The third-order valence-corrected chi connectivity index (χ3v) is 4.42. The van der Waals surface area contributed by atoms with Gasteiger partial charge in [-0.3, -0.25) is 4.79 Å². The van der Waals surface area contributed by atoms with Crippen molar-refractivity contribution in [2.75, 3.05) is 11.5 Å². The lowest BCUT2D eigenvalue weighted by Gasteiger charge is -2.02. The van der Waals surface area contributed by atoms with E-state index in [0.29, 0.717) is 5.00 Å². The molecule has 1 heterocycles. The number of rotatable bonds is 4. The Labute approximate surface area is 113 Å². The van der Waals surface area contributed by atoms with Crippen molar-refractivity contribution >= 4 is 34.0 Å². The molecule has 2 rings (SSSR count). The van der Waals surface area contributed by atoms with E-state index in [2.05, 4.69) is 4.98 Å². The minimum Gasteiger partial charge on any atom is -0.389 e. The van der Waals surface area contributed by atoms with Crippen LogP contribution in [-0.2, 0) is 4.79 Å². The molecule has 1 aromatic carbocycles. The van der Waals surface area contributed by atoms with Crippen LogP contribution in [0.25, 0.3) is 11.3 Å². The molecule has 4 nitrogen and oxygen atoms in total. The van der Waals surface area contributed by atoms with Crippen molar-refractivity contribution in [2.45, 2.75) is 11.3 Å². The van der Waals surface area contributed by atoms with Crippen LogP contribution in [0.4, 0.5) is 5.00 Å². The highest BCUT2D eigenvalue weighted by molar-refractivity contribution is 8.01. The number of primary amides is 1. The molecule has 0 bridgehead atoms. The molecule has 18 heavy (non-hydrogen) atoms. The Morgan fingerprint density at radius 1 is 1.44 bits per heavy atom. The van der Waals surface area contributed by atoms with Crippen molar-refractivity contribution in [3.8, 4) is 11.3 Å². The number of nitrogen functional groups attached to an aromatic ring is 1. The zero-order chi connectivity index (χ0) is 13.1. The van der Waals surface area contributed by atoms with Gasteiger partial charge in [-0.1, -0.05) is 47.4 Å². The Hall–Kier alpha value is -1.53. The Bertz CT molecular complexity index is 580. The van der Waals surface area contributed by atoms with E-state index >= 15 is 0 Å². The standard InChI is InChI=1S/C12H13N3OS2/c1-7-4-2-3-5-8(7)10-11(14)18-12(15-10)17-6-9(13)16/h2-5H,6,14H2,1H3,(H2,13,16). The lowest BCUT2D eigenvalue weighted by atomic mass is 10.1. The van der Waals surface area contributed by atoms with E-state index in [4.69, 9.17) is 11.5 Å². The molecule has 1 aromatic heterocycles. The molecule has 94 valence electrons. The molecule has 0 fully saturated rings. The summed E-state index contributed by atoms with van der Waals surface area (Å²) in [5, 5.41) is 0.663. The Balaban J connectivity index is 2.30. The number of nitrogens with zero attached hydrogens (tertiary/aromatic N) is 1. The molecular weight excluding hydrogens is 266 g/mol. The van der Waals surface area contributed by atoms with E-state index in [1.165, 1.54) is 23.1 Å². The van der Waals surface area contributed by atoms with Crippen molar-refractivity contribution in [1.29, 1.82) is 0 Å². The van der Waals surface area contributed by atoms with E-state index in [0.717, 1.165) is 21.2 Å². The SMILES string of the molecule is Cc1ccccc1-c1nc(SCC(N)=O)sc1N. The quantitative estimate of drug-likeness (QED) is 0.841. The number of anilines is 1. The molecule has 0 saturated heterocycles.